The lowest BCUT2D eigenvalue weighted by atomic mass is 10.1. The summed E-state index contributed by atoms with van der Waals surface area (Å²) in [6, 6.07) is 4.90. The van der Waals surface area contributed by atoms with Crippen LogP contribution in [-0.4, -0.2) is 43.6 Å². The van der Waals surface area contributed by atoms with Crippen molar-refractivity contribution in [1.29, 1.82) is 0 Å². The Bertz CT molecular complexity index is 625. The van der Waals surface area contributed by atoms with Gasteiger partial charge in [0, 0.05) is 5.69 Å². The van der Waals surface area contributed by atoms with Crippen LogP contribution in [0.25, 0.3) is 0 Å². The van der Waals surface area contributed by atoms with E-state index in [4.69, 9.17) is 4.74 Å². The zero-order valence-electron chi connectivity index (χ0n) is 14.7. The highest BCUT2D eigenvalue weighted by molar-refractivity contribution is 5.96. The number of aryl methyl sites for hydroxylation is 1. The van der Waals surface area contributed by atoms with Crippen LogP contribution in [0.2, 0.25) is 0 Å². The van der Waals surface area contributed by atoms with Crippen LogP contribution in [0.3, 0.4) is 0 Å². The number of rotatable bonds is 7. The molecule has 1 aromatic rings. The van der Waals surface area contributed by atoms with Crippen LogP contribution in [0.1, 0.15) is 36.7 Å². The minimum absolute atomic E-state index is 0.0757. The molecular formula is C17H24N2O5. The smallest absolute Gasteiger partial charge is 0.337 e. The van der Waals surface area contributed by atoms with E-state index < -0.39 is 17.5 Å². The predicted molar refractivity (Wildman–Crippen MR) is 89.9 cm³/mol. The van der Waals surface area contributed by atoms with Crippen molar-refractivity contribution < 1.29 is 23.9 Å². The highest BCUT2D eigenvalue weighted by atomic mass is 16.5. The molecule has 2 N–H and O–H groups in total. The van der Waals surface area contributed by atoms with E-state index in [1.54, 1.807) is 39.0 Å². The van der Waals surface area contributed by atoms with Gasteiger partial charge in [-0.15, -0.1) is 0 Å². The maximum Gasteiger partial charge on any atom is 0.337 e. The zero-order valence-corrected chi connectivity index (χ0v) is 14.7. The van der Waals surface area contributed by atoms with Gasteiger partial charge < -0.3 is 14.8 Å². The first-order valence-electron chi connectivity index (χ1n) is 7.62. The lowest BCUT2D eigenvalue weighted by Gasteiger charge is -2.23. The lowest BCUT2D eigenvalue weighted by molar-refractivity contribution is -0.149. The molecule has 7 heteroatoms. The molecule has 0 fully saturated rings. The van der Waals surface area contributed by atoms with Crippen LogP contribution in [-0.2, 0) is 19.1 Å². The molecule has 0 aliphatic rings. The Hall–Kier alpha value is -2.41. The van der Waals surface area contributed by atoms with Gasteiger partial charge in [-0.25, -0.2) is 4.79 Å². The van der Waals surface area contributed by atoms with Crippen LogP contribution in [0.15, 0.2) is 18.2 Å². The quantitative estimate of drug-likeness (QED) is 0.736. The fraction of sp³-hybridized carbons (Fsp3) is 0.471. The Balaban J connectivity index is 2.71. The zero-order chi connectivity index (χ0) is 18.3. The van der Waals surface area contributed by atoms with Gasteiger partial charge >= 0.3 is 11.9 Å². The number of amides is 1. The van der Waals surface area contributed by atoms with Gasteiger partial charge in [0.05, 0.1) is 25.8 Å². The van der Waals surface area contributed by atoms with Gasteiger partial charge in [-0.3, -0.25) is 14.9 Å². The van der Waals surface area contributed by atoms with Gasteiger partial charge in [-0.2, -0.15) is 0 Å². The summed E-state index contributed by atoms with van der Waals surface area (Å²) in [6.45, 7) is 7.01. The molecule has 1 amide bonds. The molecule has 0 spiro atoms. The largest absolute Gasteiger partial charge is 0.465 e. The SMILES string of the molecule is CCOC(=O)C(C)(C)NCC(=O)Nc1cc(C(=O)OC)ccc1C. The molecule has 24 heavy (non-hydrogen) atoms. The Kier molecular flexibility index (Phi) is 6.91. The number of anilines is 1. The van der Waals surface area contributed by atoms with E-state index >= 15 is 0 Å². The molecule has 0 atom stereocenters. The van der Waals surface area contributed by atoms with Gasteiger partial charge in [-0.05, 0) is 45.4 Å². The van der Waals surface area contributed by atoms with E-state index in [2.05, 4.69) is 15.4 Å². The van der Waals surface area contributed by atoms with Crippen LogP contribution in [0, 0.1) is 6.92 Å². The van der Waals surface area contributed by atoms with E-state index in [1.807, 2.05) is 6.92 Å². The van der Waals surface area contributed by atoms with Gasteiger partial charge in [0.15, 0.2) is 0 Å². The van der Waals surface area contributed by atoms with Crippen molar-refractivity contribution >= 4 is 23.5 Å². The normalized spacial score (nSPS) is 10.9. The molecule has 0 aliphatic heterocycles. The molecule has 0 heterocycles. The molecule has 7 nitrogen and oxygen atoms in total. The van der Waals surface area contributed by atoms with Gasteiger partial charge in [0.1, 0.15) is 5.54 Å². The lowest BCUT2D eigenvalue weighted by Crippen LogP contribution is -2.50. The fourth-order valence-corrected chi connectivity index (χ4v) is 1.88. The molecular weight excluding hydrogens is 312 g/mol. The first-order chi connectivity index (χ1) is 11.2. The Morgan fingerprint density at radius 2 is 1.88 bits per heavy atom. The number of methoxy groups -OCH3 is 1. The molecule has 0 saturated carbocycles. The predicted octanol–water partition coefficient (Wildman–Crippen LogP) is 1.65. The summed E-state index contributed by atoms with van der Waals surface area (Å²) in [4.78, 5) is 35.4. The highest BCUT2D eigenvalue weighted by Crippen LogP contribution is 2.17. The average Bonchev–Trinajstić information content (AvgIpc) is 2.54. The number of nitrogens with one attached hydrogen (secondary N) is 2. The van der Waals surface area contributed by atoms with Crippen molar-refractivity contribution in [2.45, 2.75) is 33.2 Å². The van der Waals surface area contributed by atoms with Crippen LogP contribution in [0.4, 0.5) is 5.69 Å². The third-order valence-corrected chi connectivity index (χ3v) is 3.41. The number of hydrogen-bond donors (Lipinski definition) is 2. The Morgan fingerprint density at radius 1 is 1.21 bits per heavy atom. The van der Waals surface area contributed by atoms with Crippen molar-refractivity contribution in [1.82, 2.24) is 5.32 Å². The van der Waals surface area contributed by atoms with Crippen molar-refractivity contribution in [2.75, 3.05) is 25.6 Å². The molecule has 0 unspecified atom stereocenters. The minimum Gasteiger partial charge on any atom is -0.465 e. The molecule has 0 aliphatic carbocycles. The van der Waals surface area contributed by atoms with E-state index in [0.29, 0.717) is 11.3 Å². The molecule has 0 aromatic heterocycles. The maximum atomic E-state index is 12.1. The Morgan fingerprint density at radius 3 is 2.46 bits per heavy atom. The van der Waals surface area contributed by atoms with Crippen LogP contribution in [0.5, 0.6) is 0 Å². The van der Waals surface area contributed by atoms with E-state index in [9.17, 15) is 14.4 Å². The highest BCUT2D eigenvalue weighted by Gasteiger charge is 2.29. The summed E-state index contributed by atoms with van der Waals surface area (Å²) in [5, 5.41) is 5.57. The fourth-order valence-electron chi connectivity index (χ4n) is 1.88. The number of hydrogen-bond acceptors (Lipinski definition) is 6. The molecule has 0 saturated heterocycles. The minimum atomic E-state index is -0.976. The third-order valence-electron chi connectivity index (χ3n) is 3.41. The summed E-state index contributed by atoms with van der Waals surface area (Å²) >= 11 is 0. The van der Waals surface area contributed by atoms with Crippen molar-refractivity contribution in [3.05, 3.63) is 29.3 Å². The van der Waals surface area contributed by atoms with E-state index in [0.717, 1.165) is 5.56 Å². The second kappa shape index (κ2) is 8.44. The monoisotopic (exact) mass is 336 g/mol. The first-order valence-corrected chi connectivity index (χ1v) is 7.62. The third kappa shape index (κ3) is 5.34. The summed E-state index contributed by atoms with van der Waals surface area (Å²) in [5.41, 5.74) is 0.688. The maximum absolute atomic E-state index is 12.1. The molecule has 132 valence electrons. The van der Waals surface area contributed by atoms with E-state index in [1.165, 1.54) is 7.11 Å². The van der Waals surface area contributed by atoms with Crippen LogP contribution < -0.4 is 10.6 Å². The second-order valence-electron chi connectivity index (χ2n) is 5.77. The summed E-state index contributed by atoms with van der Waals surface area (Å²) in [6.07, 6.45) is 0. The number of carbonyl (C=O) groups is 3. The number of ether oxygens (including phenoxy) is 2. The topological polar surface area (TPSA) is 93.7 Å². The summed E-state index contributed by atoms with van der Waals surface area (Å²) in [7, 11) is 1.29. The van der Waals surface area contributed by atoms with Crippen molar-refractivity contribution in [3.8, 4) is 0 Å². The first kappa shape index (κ1) is 19.6. The average molecular weight is 336 g/mol. The van der Waals surface area contributed by atoms with Gasteiger partial charge in [0.25, 0.3) is 0 Å². The van der Waals surface area contributed by atoms with Crippen LogP contribution >= 0.6 is 0 Å². The Labute approximate surface area is 141 Å². The number of benzene rings is 1. The number of carbonyl (C=O) groups excluding carboxylic acids is 3. The molecule has 0 bridgehead atoms. The van der Waals surface area contributed by atoms with Gasteiger partial charge in [-0.1, -0.05) is 6.07 Å². The summed E-state index contributed by atoms with van der Waals surface area (Å²) in [5.74, 6) is -1.24. The molecule has 0 radical (unpaired) electrons. The standard InChI is InChI=1S/C17H24N2O5/c1-6-24-16(22)17(3,4)18-10-14(20)19-13-9-12(15(21)23-5)8-7-11(13)2/h7-9,18H,6,10H2,1-5H3,(H,19,20). The summed E-state index contributed by atoms with van der Waals surface area (Å²) < 4.78 is 9.61. The number of esters is 2. The molecule has 1 rings (SSSR count). The van der Waals surface area contributed by atoms with Gasteiger partial charge in [0.2, 0.25) is 5.91 Å². The van der Waals surface area contributed by atoms with E-state index in [-0.39, 0.29) is 19.1 Å². The van der Waals surface area contributed by atoms with Crippen molar-refractivity contribution in [2.24, 2.45) is 0 Å². The van der Waals surface area contributed by atoms with Crippen molar-refractivity contribution in [3.63, 3.8) is 0 Å². The second-order valence-corrected chi connectivity index (χ2v) is 5.77. The molecule has 1 aromatic carbocycles.